The molecule has 8 heteroatoms. The van der Waals surface area contributed by atoms with Gasteiger partial charge < -0.3 is 14.2 Å². The number of aryl methyl sites for hydroxylation is 3. The monoisotopic (exact) mass is 468 g/mol. The van der Waals surface area contributed by atoms with E-state index in [1.54, 1.807) is 12.4 Å². The number of piperidine rings is 1. The minimum atomic E-state index is 0.00957. The van der Waals surface area contributed by atoms with Crippen LogP contribution in [0, 0.1) is 26.7 Å². The van der Waals surface area contributed by atoms with Crippen molar-refractivity contribution in [3.05, 3.63) is 77.3 Å². The Kier molecular flexibility index (Phi) is 5.16. The number of nitrogens with zero attached hydrogens (tertiary/aromatic N) is 6. The second-order valence-electron chi connectivity index (χ2n) is 9.63. The lowest BCUT2D eigenvalue weighted by Gasteiger charge is -2.52. The Balaban J connectivity index is 1.24. The minimum absolute atomic E-state index is 0.00957. The number of likely N-dealkylation sites (tertiary alicyclic amines) is 1. The molecule has 35 heavy (non-hydrogen) atoms. The standard InChI is InChI=1S/C27H28N6O2/c1-17-5-4-6-20(13-17)25-19(3)35-27(30-25)32-15-21-9-12-31(16-24(21)32)26(34)22-14-18(2)7-8-23(22)33-28-10-11-29-33/h4-8,10-11,13-14,21,24H,9,12,15-16H2,1-3H3/t21?,24-/m1/s1. The Morgan fingerprint density at radius 3 is 2.60 bits per heavy atom. The minimum Gasteiger partial charge on any atom is -0.428 e. The van der Waals surface area contributed by atoms with Crippen LogP contribution in [0.4, 0.5) is 6.01 Å². The average Bonchev–Trinajstić information content (AvgIpc) is 3.49. The van der Waals surface area contributed by atoms with E-state index in [1.807, 2.05) is 43.0 Å². The maximum absolute atomic E-state index is 13.7. The first-order valence-corrected chi connectivity index (χ1v) is 12.1. The Morgan fingerprint density at radius 2 is 1.80 bits per heavy atom. The van der Waals surface area contributed by atoms with Gasteiger partial charge in [0, 0.05) is 31.1 Å². The molecule has 0 aliphatic carbocycles. The van der Waals surface area contributed by atoms with Gasteiger partial charge in [-0.05, 0) is 45.4 Å². The molecule has 0 N–H and O–H groups in total. The average molecular weight is 469 g/mol. The molecule has 2 aliphatic heterocycles. The van der Waals surface area contributed by atoms with E-state index in [0.717, 1.165) is 42.1 Å². The molecule has 6 rings (SSSR count). The van der Waals surface area contributed by atoms with E-state index in [9.17, 15) is 4.79 Å². The second kappa shape index (κ2) is 8.37. The maximum atomic E-state index is 13.7. The van der Waals surface area contributed by atoms with Crippen LogP contribution in [0.5, 0.6) is 0 Å². The van der Waals surface area contributed by atoms with E-state index in [4.69, 9.17) is 9.40 Å². The van der Waals surface area contributed by atoms with Crippen molar-refractivity contribution in [1.29, 1.82) is 0 Å². The molecule has 2 aromatic carbocycles. The Bertz CT molecular complexity index is 1390. The van der Waals surface area contributed by atoms with Crippen LogP contribution >= 0.6 is 0 Å². The zero-order valence-corrected chi connectivity index (χ0v) is 20.2. The highest BCUT2D eigenvalue weighted by atomic mass is 16.4. The fraction of sp³-hybridized carbons (Fsp3) is 0.333. The van der Waals surface area contributed by atoms with Crippen LogP contribution in [-0.2, 0) is 0 Å². The Morgan fingerprint density at radius 1 is 1.00 bits per heavy atom. The molecule has 8 nitrogen and oxygen atoms in total. The summed E-state index contributed by atoms with van der Waals surface area (Å²) >= 11 is 0. The highest BCUT2D eigenvalue weighted by molar-refractivity contribution is 5.98. The van der Waals surface area contributed by atoms with E-state index < -0.39 is 0 Å². The quantitative estimate of drug-likeness (QED) is 0.447. The number of anilines is 1. The first-order valence-electron chi connectivity index (χ1n) is 12.1. The summed E-state index contributed by atoms with van der Waals surface area (Å²) in [6.07, 6.45) is 4.21. The van der Waals surface area contributed by atoms with Crippen molar-refractivity contribution in [3.8, 4) is 16.9 Å². The second-order valence-corrected chi connectivity index (χ2v) is 9.63. The molecule has 0 saturated carbocycles. The summed E-state index contributed by atoms with van der Waals surface area (Å²) in [5.41, 5.74) is 5.49. The van der Waals surface area contributed by atoms with Crippen LogP contribution in [0.1, 0.15) is 33.7 Å². The molecule has 2 atom stereocenters. The highest BCUT2D eigenvalue weighted by Crippen LogP contribution is 2.38. The predicted octanol–water partition coefficient (Wildman–Crippen LogP) is 4.20. The predicted molar refractivity (Wildman–Crippen MR) is 133 cm³/mol. The number of hydrogen-bond donors (Lipinski definition) is 0. The molecule has 2 saturated heterocycles. The van der Waals surface area contributed by atoms with Crippen LogP contribution in [-0.4, -0.2) is 56.5 Å². The molecule has 1 amide bonds. The Labute approximate surface area is 204 Å². The summed E-state index contributed by atoms with van der Waals surface area (Å²) in [6, 6.07) is 15.0. The molecule has 1 unspecified atom stereocenters. The van der Waals surface area contributed by atoms with Crippen molar-refractivity contribution in [3.63, 3.8) is 0 Å². The van der Waals surface area contributed by atoms with Crippen LogP contribution in [0.3, 0.4) is 0 Å². The molecule has 2 aliphatic rings. The number of oxazole rings is 1. The topological polar surface area (TPSA) is 80.3 Å². The number of aromatic nitrogens is 4. The number of fused-ring (bicyclic) bond motifs is 1. The smallest absolute Gasteiger partial charge is 0.298 e. The zero-order chi connectivity index (χ0) is 24.1. The third-order valence-electron chi connectivity index (χ3n) is 7.18. The molecule has 178 valence electrons. The largest absolute Gasteiger partial charge is 0.428 e. The summed E-state index contributed by atoms with van der Waals surface area (Å²) in [7, 11) is 0. The lowest BCUT2D eigenvalue weighted by atomic mass is 9.82. The fourth-order valence-corrected chi connectivity index (χ4v) is 5.27. The van der Waals surface area contributed by atoms with Crippen molar-refractivity contribution in [1.82, 2.24) is 24.9 Å². The van der Waals surface area contributed by atoms with E-state index in [2.05, 4.69) is 40.2 Å². The lowest BCUT2D eigenvalue weighted by Crippen LogP contribution is -2.65. The van der Waals surface area contributed by atoms with E-state index in [1.165, 1.54) is 10.4 Å². The number of carbonyl (C=O) groups is 1. The summed E-state index contributed by atoms with van der Waals surface area (Å²) in [5.74, 6) is 1.36. The van der Waals surface area contributed by atoms with Gasteiger partial charge in [-0.15, -0.1) is 0 Å². The van der Waals surface area contributed by atoms with Crippen LogP contribution in [0.2, 0.25) is 0 Å². The van der Waals surface area contributed by atoms with Gasteiger partial charge in [-0.3, -0.25) is 4.79 Å². The van der Waals surface area contributed by atoms with E-state index in [0.29, 0.717) is 29.7 Å². The van der Waals surface area contributed by atoms with Gasteiger partial charge in [0.15, 0.2) is 0 Å². The third kappa shape index (κ3) is 3.79. The van der Waals surface area contributed by atoms with Gasteiger partial charge in [0.25, 0.3) is 11.9 Å². The van der Waals surface area contributed by atoms with E-state index >= 15 is 0 Å². The maximum Gasteiger partial charge on any atom is 0.298 e. The number of benzene rings is 2. The fourth-order valence-electron chi connectivity index (χ4n) is 5.27. The van der Waals surface area contributed by atoms with Gasteiger partial charge in [0.2, 0.25) is 0 Å². The number of hydrogen-bond acceptors (Lipinski definition) is 6. The van der Waals surface area contributed by atoms with E-state index in [-0.39, 0.29) is 11.9 Å². The van der Waals surface area contributed by atoms with Gasteiger partial charge in [0.1, 0.15) is 11.5 Å². The van der Waals surface area contributed by atoms with Crippen molar-refractivity contribution in [2.75, 3.05) is 24.5 Å². The molecule has 2 aromatic heterocycles. The summed E-state index contributed by atoms with van der Waals surface area (Å²) in [5, 5.41) is 8.48. The Hall–Kier alpha value is -3.94. The van der Waals surface area contributed by atoms with Crippen molar-refractivity contribution in [2.45, 2.75) is 33.2 Å². The van der Waals surface area contributed by atoms with Crippen molar-refractivity contribution < 1.29 is 9.21 Å². The normalized spacial score (nSPS) is 19.4. The molecule has 0 spiro atoms. The lowest BCUT2D eigenvalue weighted by molar-refractivity contribution is 0.0582. The number of amides is 1. The molecular formula is C27H28N6O2. The molecular weight excluding hydrogens is 440 g/mol. The van der Waals surface area contributed by atoms with Crippen LogP contribution in [0.15, 0.2) is 59.3 Å². The SMILES string of the molecule is Cc1cccc(-c2nc(N3CC4CCN(C(=O)c5cc(C)ccc5-n5nccn5)C[C@H]43)oc2C)c1. The van der Waals surface area contributed by atoms with Crippen molar-refractivity contribution in [2.24, 2.45) is 5.92 Å². The summed E-state index contributed by atoms with van der Waals surface area (Å²) in [6.45, 7) is 8.33. The van der Waals surface area contributed by atoms with Gasteiger partial charge >= 0.3 is 0 Å². The van der Waals surface area contributed by atoms with Crippen LogP contribution in [0.25, 0.3) is 16.9 Å². The highest BCUT2D eigenvalue weighted by Gasteiger charge is 2.46. The van der Waals surface area contributed by atoms with Gasteiger partial charge in [0.05, 0.1) is 29.7 Å². The molecule has 0 bridgehead atoms. The van der Waals surface area contributed by atoms with Gasteiger partial charge in [-0.2, -0.15) is 20.0 Å². The van der Waals surface area contributed by atoms with Crippen molar-refractivity contribution >= 4 is 11.9 Å². The third-order valence-corrected chi connectivity index (χ3v) is 7.18. The first kappa shape index (κ1) is 21.6. The van der Waals surface area contributed by atoms with Crippen LogP contribution < -0.4 is 4.90 Å². The van der Waals surface area contributed by atoms with Gasteiger partial charge in [-0.1, -0.05) is 35.4 Å². The van der Waals surface area contributed by atoms with Gasteiger partial charge in [-0.25, -0.2) is 0 Å². The number of carbonyl (C=O) groups excluding carboxylic acids is 1. The summed E-state index contributed by atoms with van der Waals surface area (Å²) in [4.78, 5) is 24.2. The number of rotatable bonds is 4. The molecule has 4 aromatic rings. The molecule has 2 fully saturated rings. The molecule has 4 heterocycles. The summed E-state index contributed by atoms with van der Waals surface area (Å²) < 4.78 is 6.12. The first-order chi connectivity index (χ1) is 17.0. The molecule has 0 radical (unpaired) electrons. The zero-order valence-electron chi connectivity index (χ0n) is 20.2.